The van der Waals surface area contributed by atoms with Gasteiger partial charge in [0.05, 0.1) is 39.4 Å². The molecule has 0 aliphatic rings. The SMILES string of the molecule is CCCC(CCCCNc1ncc(C#N)c(-c2ccc3scnc3c2)n1)N(C(=O)NCc1ccccc1)c1ccc(-c2cnn(C)c2)cc1. The molecule has 1 atom stereocenters. The molecule has 0 fully saturated rings. The first-order chi connectivity index (χ1) is 24.0. The summed E-state index contributed by atoms with van der Waals surface area (Å²) in [5.41, 5.74) is 8.54. The molecule has 2 N–H and O–H groups in total. The maximum absolute atomic E-state index is 13.9. The Morgan fingerprint density at radius 2 is 1.80 bits per heavy atom. The van der Waals surface area contributed by atoms with E-state index in [1.54, 1.807) is 22.2 Å². The number of rotatable bonds is 14. The van der Waals surface area contributed by atoms with Crippen LogP contribution in [0.15, 0.2) is 96.9 Å². The molecule has 3 aromatic carbocycles. The zero-order valence-corrected chi connectivity index (χ0v) is 28.5. The van der Waals surface area contributed by atoms with E-state index < -0.39 is 0 Å². The Kier molecular flexibility index (Phi) is 10.9. The maximum atomic E-state index is 13.9. The zero-order chi connectivity index (χ0) is 34.0. The van der Waals surface area contributed by atoms with Crippen LogP contribution >= 0.6 is 11.3 Å². The predicted octanol–water partition coefficient (Wildman–Crippen LogP) is 8.19. The van der Waals surface area contributed by atoms with Gasteiger partial charge in [-0.05, 0) is 61.1 Å². The minimum absolute atomic E-state index is 0.0170. The van der Waals surface area contributed by atoms with Crippen LogP contribution in [-0.4, -0.2) is 43.4 Å². The molecule has 6 rings (SSSR count). The van der Waals surface area contributed by atoms with Gasteiger partial charge in [-0.15, -0.1) is 11.3 Å². The van der Waals surface area contributed by atoms with Crippen LogP contribution in [0, 0.1) is 11.3 Å². The highest BCUT2D eigenvalue weighted by molar-refractivity contribution is 7.16. The largest absolute Gasteiger partial charge is 0.354 e. The van der Waals surface area contributed by atoms with E-state index in [2.05, 4.69) is 50.8 Å². The van der Waals surface area contributed by atoms with Gasteiger partial charge < -0.3 is 10.6 Å². The fourth-order valence-electron chi connectivity index (χ4n) is 5.95. The second kappa shape index (κ2) is 16.0. The van der Waals surface area contributed by atoms with Crippen molar-refractivity contribution < 1.29 is 4.79 Å². The predicted molar refractivity (Wildman–Crippen MR) is 196 cm³/mol. The Hall–Kier alpha value is -5.60. The molecule has 0 spiro atoms. The molecular formula is C38H39N9OS. The Morgan fingerprint density at radius 3 is 2.55 bits per heavy atom. The van der Waals surface area contributed by atoms with Crippen molar-refractivity contribution >= 4 is 39.2 Å². The van der Waals surface area contributed by atoms with Crippen LogP contribution in [-0.2, 0) is 13.6 Å². The topological polar surface area (TPSA) is 125 Å². The zero-order valence-electron chi connectivity index (χ0n) is 27.7. The Morgan fingerprint density at radius 1 is 0.980 bits per heavy atom. The lowest BCUT2D eigenvalue weighted by Gasteiger charge is -2.32. The smallest absolute Gasteiger partial charge is 0.322 e. The van der Waals surface area contributed by atoms with Crippen molar-refractivity contribution in [1.82, 2.24) is 30.0 Å². The number of anilines is 2. The number of carbonyl (C=O) groups excluding carboxylic acids is 1. The van der Waals surface area contributed by atoms with Crippen molar-refractivity contribution in [2.24, 2.45) is 7.05 Å². The highest BCUT2D eigenvalue weighted by atomic mass is 32.1. The summed E-state index contributed by atoms with van der Waals surface area (Å²) in [6.45, 7) is 3.28. The van der Waals surface area contributed by atoms with Crippen molar-refractivity contribution in [2.45, 2.75) is 51.6 Å². The molecule has 0 aliphatic carbocycles. The van der Waals surface area contributed by atoms with Crippen LogP contribution in [0.5, 0.6) is 0 Å². The molecule has 0 saturated heterocycles. The van der Waals surface area contributed by atoms with Crippen LogP contribution in [0.2, 0.25) is 0 Å². The molecule has 248 valence electrons. The van der Waals surface area contributed by atoms with Crippen LogP contribution in [0.3, 0.4) is 0 Å². The molecule has 0 saturated carbocycles. The van der Waals surface area contributed by atoms with Crippen LogP contribution in [0.4, 0.5) is 16.4 Å². The first-order valence-electron chi connectivity index (χ1n) is 16.6. The normalized spacial score (nSPS) is 11.6. The molecule has 1 unspecified atom stereocenters. The molecule has 2 amide bonds. The molecular weight excluding hydrogens is 631 g/mol. The second-order valence-electron chi connectivity index (χ2n) is 11.9. The summed E-state index contributed by atoms with van der Waals surface area (Å²) in [4.78, 5) is 29.3. The fourth-order valence-corrected chi connectivity index (χ4v) is 6.61. The monoisotopic (exact) mass is 669 g/mol. The number of hydrogen-bond donors (Lipinski definition) is 2. The standard InChI is InChI=1S/C38H39N9OS/c1-3-9-32(12-7-8-19-40-37-41-23-30(21-39)36(45-37)29-15-18-35-34(20-29)43-26-49-35)47(38(48)42-22-27-10-5-4-6-11-27)33-16-13-28(14-17-33)31-24-44-46(2)25-31/h4-6,10-11,13-18,20,23-26,32H,3,7-9,12,19,22H2,1-2H3,(H,42,48)(H,40,41,45). The molecule has 0 bridgehead atoms. The number of fused-ring (bicyclic) bond motifs is 1. The summed E-state index contributed by atoms with van der Waals surface area (Å²) in [6, 6.07) is 26.2. The Balaban J connectivity index is 1.12. The van der Waals surface area contributed by atoms with Gasteiger partial charge in [0.2, 0.25) is 5.95 Å². The van der Waals surface area contributed by atoms with E-state index in [4.69, 9.17) is 4.98 Å². The minimum Gasteiger partial charge on any atom is -0.354 e. The lowest BCUT2D eigenvalue weighted by atomic mass is 10.0. The summed E-state index contributed by atoms with van der Waals surface area (Å²) >= 11 is 1.58. The molecule has 49 heavy (non-hydrogen) atoms. The number of aryl methyl sites for hydroxylation is 1. The van der Waals surface area contributed by atoms with Gasteiger partial charge in [-0.25, -0.2) is 19.7 Å². The molecule has 10 nitrogen and oxygen atoms in total. The molecule has 0 aliphatic heterocycles. The van der Waals surface area contributed by atoms with E-state index in [1.807, 2.05) is 90.5 Å². The van der Waals surface area contributed by atoms with Gasteiger partial charge >= 0.3 is 6.03 Å². The molecule has 11 heteroatoms. The van der Waals surface area contributed by atoms with Gasteiger partial charge in [-0.1, -0.05) is 61.9 Å². The van der Waals surface area contributed by atoms with Gasteiger partial charge in [0.15, 0.2) is 0 Å². The second-order valence-corrected chi connectivity index (χ2v) is 12.8. The van der Waals surface area contributed by atoms with E-state index in [9.17, 15) is 10.1 Å². The van der Waals surface area contributed by atoms with E-state index in [-0.39, 0.29) is 12.1 Å². The summed E-state index contributed by atoms with van der Waals surface area (Å²) in [7, 11) is 1.90. The maximum Gasteiger partial charge on any atom is 0.322 e. The number of nitrogens with one attached hydrogen (secondary N) is 2. The van der Waals surface area contributed by atoms with Crippen molar-refractivity contribution in [1.29, 1.82) is 5.26 Å². The van der Waals surface area contributed by atoms with Crippen LogP contribution in [0.25, 0.3) is 32.6 Å². The number of nitriles is 1. The number of benzene rings is 3. The number of hydrogen-bond acceptors (Lipinski definition) is 8. The van der Waals surface area contributed by atoms with Gasteiger partial charge in [0.25, 0.3) is 0 Å². The fraction of sp³-hybridized carbons (Fsp3) is 0.263. The van der Waals surface area contributed by atoms with Crippen molar-refractivity contribution in [3.05, 3.63) is 108 Å². The third-order valence-electron chi connectivity index (χ3n) is 8.44. The molecule has 3 heterocycles. The van der Waals surface area contributed by atoms with E-state index in [1.165, 1.54) is 0 Å². The number of unbranched alkanes of at least 4 members (excludes halogenated alkanes) is 1. The van der Waals surface area contributed by atoms with Gasteiger partial charge in [0, 0.05) is 49.2 Å². The van der Waals surface area contributed by atoms with Gasteiger partial charge in [0.1, 0.15) is 6.07 Å². The lowest BCUT2D eigenvalue weighted by molar-refractivity contribution is 0.242. The summed E-state index contributed by atoms with van der Waals surface area (Å²) in [5, 5.41) is 20.5. The summed E-state index contributed by atoms with van der Waals surface area (Å²) in [6.07, 6.45) is 9.83. The Bertz CT molecular complexity index is 2030. The third kappa shape index (κ3) is 8.28. The lowest BCUT2D eigenvalue weighted by Crippen LogP contribution is -2.46. The number of nitrogens with zero attached hydrogens (tertiary/aromatic N) is 7. The van der Waals surface area contributed by atoms with Crippen molar-refractivity contribution in [2.75, 3.05) is 16.8 Å². The third-order valence-corrected chi connectivity index (χ3v) is 9.25. The van der Waals surface area contributed by atoms with Gasteiger partial charge in [-0.3, -0.25) is 9.58 Å². The molecule has 6 aromatic rings. The molecule has 3 aromatic heterocycles. The number of thiazole rings is 1. The minimum atomic E-state index is -0.107. The average Bonchev–Trinajstić information content (AvgIpc) is 3.80. The Labute approximate surface area is 290 Å². The quantitative estimate of drug-likeness (QED) is 0.112. The van der Waals surface area contributed by atoms with E-state index in [0.717, 1.165) is 70.3 Å². The highest BCUT2D eigenvalue weighted by Crippen LogP contribution is 2.29. The van der Waals surface area contributed by atoms with Crippen LogP contribution in [0.1, 0.15) is 50.2 Å². The number of carbonyl (C=O) groups is 1. The van der Waals surface area contributed by atoms with Crippen molar-refractivity contribution in [3.8, 4) is 28.5 Å². The highest BCUT2D eigenvalue weighted by Gasteiger charge is 2.25. The van der Waals surface area contributed by atoms with E-state index in [0.29, 0.717) is 30.3 Å². The summed E-state index contributed by atoms with van der Waals surface area (Å²) < 4.78 is 2.87. The number of urea groups is 1. The summed E-state index contributed by atoms with van der Waals surface area (Å²) in [5.74, 6) is 0.480. The van der Waals surface area contributed by atoms with Crippen LogP contribution < -0.4 is 15.5 Å². The first-order valence-corrected chi connectivity index (χ1v) is 17.4. The van der Waals surface area contributed by atoms with Crippen molar-refractivity contribution in [3.63, 3.8) is 0 Å². The molecule has 0 radical (unpaired) electrons. The van der Waals surface area contributed by atoms with Gasteiger partial charge in [-0.2, -0.15) is 10.4 Å². The first kappa shape index (κ1) is 33.3. The number of amides is 2. The van der Waals surface area contributed by atoms with E-state index >= 15 is 0 Å². The number of aromatic nitrogens is 5. The average molecular weight is 670 g/mol.